The number of Topliss-reactive ketones (excluding diaryl/α,β-unsaturated/α-hetero) is 1. The Morgan fingerprint density at radius 1 is 1.18 bits per heavy atom. The van der Waals surface area contributed by atoms with Gasteiger partial charge in [0.25, 0.3) is 0 Å². The van der Waals surface area contributed by atoms with Crippen LogP contribution in [0.15, 0.2) is 83.0 Å². The SMILES string of the molecule is COc1cccc2cc(C(=O)C3=C([O-])C(=O)N(CCC[n+]4cc[nH]c4)C3c3ccc(C(C)(C)C)cc3)oc12. The fraction of sp³-hybridized carbons (Fsp3) is 0.300. The van der Waals surface area contributed by atoms with Gasteiger partial charge in [-0.3, -0.25) is 14.6 Å². The third-order valence-electron chi connectivity index (χ3n) is 6.99. The van der Waals surface area contributed by atoms with E-state index in [9.17, 15) is 14.7 Å². The fourth-order valence-electron chi connectivity index (χ4n) is 4.94. The van der Waals surface area contributed by atoms with Crippen molar-refractivity contribution in [2.75, 3.05) is 13.7 Å². The number of rotatable bonds is 8. The van der Waals surface area contributed by atoms with E-state index in [1.165, 1.54) is 12.0 Å². The van der Waals surface area contributed by atoms with E-state index >= 15 is 0 Å². The molecule has 1 N–H and O–H groups in total. The summed E-state index contributed by atoms with van der Waals surface area (Å²) in [6, 6.07) is 13.9. The fourth-order valence-corrected chi connectivity index (χ4v) is 4.94. The van der Waals surface area contributed by atoms with E-state index in [1.54, 1.807) is 24.3 Å². The Morgan fingerprint density at radius 3 is 2.61 bits per heavy atom. The number of nitrogens with one attached hydrogen (secondary N) is 1. The summed E-state index contributed by atoms with van der Waals surface area (Å²) in [6.07, 6.45) is 6.16. The Labute approximate surface area is 221 Å². The number of imidazole rings is 1. The molecule has 0 saturated heterocycles. The van der Waals surface area contributed by atoms with E-state index < -0.39 is 23.5 Å². The lowest BCUT2D eigenvalue weighted by Crippen LogP contribution is -2.37. The number of nitrogens with zero attached hydrogens (tertiary/aromatic N) is 2. The summed E-state index contributed by atoms with van der Waals surface area (Å²) in [5, 5.41) is 14.0. The number of aryl methyl sites for hydroxylation is 1. The van der Waals surface area contributed by atoms with Gasteiger partial charge in [0.05, 0.1) is 19.7 Å². The molecule has 3 heterocycles. The van der Waals surface area contributed by atoms with E-state index in [4.69, 9.17) is 9.15 Å². The van der Waals surface area contributed by atoms with Crippen molar-refractivity contribution in [1.29, 1.82) is 0 Å². The highest BCUT2D eigenvalue weighted by Crippen LogP contribution is 2.40. The first-order chi connectivity index (χ1) is 18.2. The van der Waals surface area contributed by atoms with E-state index in [0.29, 0.717) is 41.8 Å². The summed E-state index contributed by atoms with van der Waals surface area (Å²) < 4.78 is 13.2. The molecule has 0 radical (unpaired) electrons. The predicted octanol–water partition coefficient (Wildman–Crippen LogP) is 3.83. The number of furan rings is 1. The zero-order valence-corrected chi connectivity index (χ0v) is 22.0. The summed E-state index contributed by atoms with van der Waals surface area (Å²) in [7, 11) is 1.52. The number of ketones is 1. The molecule has 2 aromatic heterocycles. The minimum atomic E-state index is -0.803. The van der Waals surface area contributed by atoms with E-state index in [0.717, 1.165) is 5.56 Å². The number of fused-ring (bicyclic) bond motifs is 1. The summed E-state index contributed by atoms with van der Waals surface area (Å²) >= 11 is 0. The van der Waals surface area contributed by atoms with Crippen LogP contribution in [0.2, 0.25) is 0 Å². The van der Waals surface area contributed by atoms with E-state index in [-0.39, 0.29) is 16.7 Å². The highest BCUT2D eigenvalue weighted by molar-refractivity contribution is 6.16. The lowest BCUT2D eigenvalue weighted by atomic mass is 9.85. The number of hydrogen-bond acceptors (Lipinski definition) is 5. The summed E-state index contributed by atoms with van der Waals surface area (Å²) in [5.74, 6) is -1.57. The molecule has 0 aliphatic carbocycles. The number of ether oxygens (including phenoxy) is 1. The number of amides is 1. The number of para-hydroxylation sites is 1. The maximum atomic E-state index is 13.8. The van der Waals surface area contributed by atoms with Gasteiger partial charge in [-0.15, -0.1) is 0 Å². The number of carbonyl (C=O) groups excluding carboxylic acids is 2. The number of H-pyrrole nitrogens is 1. The summed E-state index contributed by atoms with van der Waals surface area (Å²) in [6.45, 7) is 7.33. The zero-order valence-electron chi connectivity index (χ0n) is 22.0. The van der Waals surface area contributed by atoms with Crippen molar-refractivity contribution in [1.82, 2.24) is 9.88 Å². The van der Waals surface area contributed by atoms with Crippen LogP contribution in [0.4, 0.5) is 0 Å². The highest BCUT2D eigenvalue weighted by atomic mass is 16.5. The van der Waals surface area contributed by atoms with Gasteiger partial charge in [-0.1, -0.05) is 57.2 Å². The molecule has 0 spiro atoms. The Bertz CT molecular complexity index is 1510. The Balaban J connectivity index is 1.53. The molecule has 1 unspecified atom stereocenters. The molecule has 0 bridgehead atoms. The molecule has 1 aliphatic rings. The van der Waals surface area contributed by atoms with Crippen LogP contribution in [0.25, 0.3) is 11.0 Å². The number of benzene rings is 2. The predicted molar refractivity (Wildman–Crippen MR) is 139 cm³/mol. The maximum Gasteiger partial charge on any atom is 0.241 e. The molecular formula is C30H31N3O5. The van der Waals surface area contributed by atoms with Crippen LogP contribution in [-0.2, 0) is 16.8 Å². The third-order valence-corrected chi connectivity index (χ3v) is 6.99. The number of aromatic amines is 1. The van der Waals surface area contributed by atoms with Crippen molar-refractivity contribution in [3.63, 3.8) is 0 Å². The van der Waals surface area contributed by atoms with Gasteiger partial charge < -0.3 is 19.2 Å². The first-order valence-electron chi connectivity index (χ1n) is 12.6. The van der Waals surface area contributed by atoms with E-state index in [1.807, 2.05) is 47.6 Å². The third kappa shape index (κ3) is 4.58. The molecule has 8 heteroatoms. The largest absolute Gasteiger partial charge is 0.868 e. The van der Waals surface area contributed by atoms with Crippen LogP contribution in [0.3, 0.4) is 0 Å². The summed E-state index contributed by atoms with van der Waals surface area (Å²) in [5.41, 5.74) is 2.09. The lowest BCUT2D eigenvalue weighted by molar-refractivity contribution is -0.695. The van der Waals surface area contributed by atoms with Gasteiger partial charge in [0.15, 0.2) is 17.1 Å². The van der Waals surface area contributed by atoms with Gasteiger partial charge >= 0.3 is 0 Å². The molecule has 1 atom stereocenters. The van der Waals surface area contributed by atoms with Crippen LogP contribution in [0.5, 0.6) is 5.75 Å². The standard InChI is InChI=1S/C30H31N3O5/c1-30(2,3)21-11-9-19(10-12-21)25-24(26(34)23-17-20-7-5-8-22(37-4)28(20)38-23)27(35)29(36)33(25)15-6-14-32-16-13-31-18-32/h5,7-13,16-18,25H,6,14-15H2,1-4H3,(H,34,35). The minimum absolute atomic E-state index is 0.00156. The molecule has 1 amide bonds. The monoisotopic (exact) mass is 513 g/mol. The first kappa shape index (κ1) is 25.3. The van der Waals surface area contributed by atoms with Gasteiger partial charge in [-0.25, -0.2) is 4.57 Å². The molecular weight excluding hydrogens is 482 g/mol. The van der Waals surface area contributed by atoms with Crippen LogP contribution in [-0.4, -0.2) is 35.2 Å². The van der Waals surface area contributed by atoms with Crippen LogP contribution in [0, 0.1) is 0 Å². The van der Waals surface area contributed by atoms with Crippen LogP contribution >= 0.6 is 0 Å². The average Bonchev–Trinajstić information content (AvgIpc) is 3.63. The van der Waals surface area contributed by atoms with Gasteiger partial charge in [0.1, 0.15) is 12.4 Å². The average molecular weight is 514 g/mol. The molecule has 5 rings (SSSR count). The normalized spacial score (nSPS) is 16.1. The molecule has 2 aromatic carbocycles. The van der Waals surface area contributed by atoms with Crippen molar-refractivity contribution < 1.29 is 28.4 Å². The van der Waals surface area contributed by atoms with Crippen molar-refractivity contribution in [3.05, 3.63) is 95.5 Å². The maximum absolute atomic E-state index is 13.8. The Kier molecular flexibility index (Phi) is 6.57. The Morgan fingerprint density at radius 2 is 1.95 bits per heavy atom. The summed E-state index contributed by atoms with van der Waals surface area (Å²) in [4.78, 5) is 31.6. The molecule has 0 saturated carbocycles. The molecule has 8 nitrogen and oxygen atoms in total. The van der Waals surface area contributed by atoms with Gasteiger partial charge in [0.2, 0.25) is 18.0 Å². The Hall–Kier alpha value is -4.33. The quantitative estimate of drug-likeness (QED) is 0.285. The van der Waals surface area contributed by atoms with Gasteiger partial charge in [0, 0.05) is 23.9 Å². The van der Waals surface area contributed by atoms with Crippen LogP contribution in [0.1, 0.15) is 54.9 Å². The molecule has 1 aliphatic heterocycles. The number of carbonyl (C=O) groups is 2. The molecule has 0 fully saturated rings. The van der Waals surface area contributed by atoms with Crippen molar-refractivity contribution in [2.45, 2.75) is 45.2 Å². The second kappa shape index (κ2) is 9.85. The molecule has 38 heavy (non-hydrogen) atoms. The van der Waals surface area contributed by atoms with Crippen molar-refractivity contribution >= 4 is 22.7 Å². The molecule has 4 aromatic rings. The van der Waals surface area contributed by atoms with Gasteiger partial charge in [-0.05, 0) is 34.4 Å². The van der Waals surface area contributed by atoms with Crippen LogP contribution < -0.4 is 14.4 Å². The van der Waals surface area contributed by atoms with Crippen molar-refractivity contribution in [3.8, 4) is 5.75 Å². The van der Waals surface area contributed by atoms with Gasteiger partial charge in [-0.2, -0.15) is 0 Å². The highest BCUT2D eigenvalue weighted by Gasteiger charge is 2.40. The lowest BCUT2D eigenvalue weighted by Gasteiger charge is -2.28. The smallest absolute Gasteiger partial charge is 0.241 e. The molecule has 196 valence electrons. The van der Waals surface area contributed by atoms with Crippen molar-refractivity contribution in [2.24, 2.45) is 0 Å². The topological polar surface area (TPSA) is 102 Å². The van der Waals surface area contributed by atoms with E-state index in [2.05, 4.69) is 25.8 Å². The minimum Gasteiger partial charge on any atom is -0.868 e. The number of hydrogen-bond donors (Lipinski definition) is 1. The number of methoxy groups -OCH3 is 1. The first-order valence-corrected chi connectivity index (χ1v) is 12.6. The second-order valence-electron chi connectivity index (χ2n) is 10.5. The zero-order chi connectivity index (χ0) is 27.0. The second-order valence-corrected chi connectivity index (χ2v) is 10.5. The number of aromatic nitrogens is 2.